The van der Waals surface area contributed by atoms with Crippen LogP contribution in [-0.4, -0.2) is 32.6 Å². The Morgan fingerprint density at radius 1 is 0.944 bits per heavy atom. The molecule has 192 valence electrons. The van der Waals surface area contributed by atoms with E-state index in [1.807, 2.05) is 0 Å². The highest BCUT2D eigenvalue weighted by molar-refractivity contribution is 5.93. The summed E-state index contributed by atoms with van der Waals surface area (Å²) in [7, 11) is 0. The van der Waals surface area contributed by atoms with Gasteiger partial charge in [0, 0.05) is 25.4 Å². The van der Waals surface area contributed by atoms with Gasteiger partial charge in [0.05, 0.1) is 11.7 Å². The quantitative estimate of drug-likeness (QED) is 0.419. The Kier molecular flexibility index (Phi) is 7.67. The second kappa shape index (κ2) is 10.4. The standard InChI is InChI=1S/C22H20F6N6O2/c1-12(29)19(35)31-9-13-3-2-4-15(7-13)34-16(8-18(33-34)22(26,27)28)20(36)32-11-14-5-6-17(30-10-14)21(23,24)25/h2-8,10,12H,9,11,29H2,1H3,(H,31,35)(H,32,36)/t12-/m0/s1. The van der Waals surface area contributed by atoms with E-state index >= 15 is 0 Å². The second-order valence-electron chi connectivity index (χ2n) is 7.73. The van der Waals surface area contributed by atoms with Gasteiger partial charge in [0.2, 0.25) is 5.91 Å². The molecular weight excluding hydrogens is 494 g/mol. The van der Waals surface area contributed by atoms with Gasteiger partial charge < -0.3 is 16.4 Å². The molecule has 36 heavy (non-hydrogen) atoms. The maximum Gasteiger partial charge on any atom is 0.435 e. The van der Waals surface area contributed by atoms with Crippen molar-refractivity contribution in [1.29, 1.82) is 0 Å². The molecule has 0 fully saturated rings. The van der Waals surface area contributed by atoms with Gasteiger partial charge in [-0.1, -0.05) is 18.2 Å². The first kappa shape index (κ1) is 26.7. The van der Waals surface area contributed by atoms with Crippen LogP contribution < -0.4 is 16.4 Å². The number of nitrogens with zero attached hydrogens (tertiary/aromatic N) is 3. The van der Waals surface area contributed by atoms with E-state index in [4.69, 9.17) is 5.73 Å². The molecule has 0 aliphatic carbocycles. The van der Waals surface area contributed by atoms with E-state index < -0.39 is 47.3 Å². The third-order valence-corrected chi connectivity index (χ3v) is 4.84. The largest absolute Gasteiger partial charge is 0.435 e. The summed E-state index contributed by atoms with van der Waals surface area (Å²) in [6.07, 6.45) is -8.58. The van der Waals surface area contributed by atoms with E-state index in [2.05, 4.69) is 20.7 Å². The summed E-state index contributed by atoms with van der Waals surface area (Å²) < 4.78 is 78.8. The molecule has 0 aliphatic rings. The number of halogens is 6. The summed E-state index contributed by atoms with van der Waals surface area (Å²) >= 11 is 0. The highest BCUT2D eigenvalue weighted by atomic mass is 19.4. The van der Waals surface area contributed by atoms with Crippen molar-refractivity contribution in [2.45, 2.75) is 38.4 Å². The fourth-order valence-corrected chi connectivity index (χ4v) is 3.00. The number of carbonyl (C=O) groups excluding carboxylic acids is 2. The second-order valence-corrected chi connectivity index (χ2v) is 7.73. The van der Waals surface area contributed by atoms with Crippen LogP contribution >= 0.6 is 0 Å². The van der Waals surface area contributed by atoms with Crippen LogP contribution in [0.1, 0.15) is 39.9 Å². The molecule has 1 aromatic carbocycles. The van der Waals surface area contributed by atoms with Gasteiger partial charge in [-0.3, -0.25) is 14.6 Å². The molecule has 8 nitrogen and oxygen atoms in total. The summed E-state index contributed by atoms with van der Waals surface area (Å²) in [4.78, 5) is 27.7. The minimum atomic E-state index is -4.85. The van der Waals surface area contributed by atoms with Gasteiger partial charge in [0.15, 0.2) is 5.69 Å². The van der Waals surface area contributed by atoms with Crippen LogP contribution in [0.25, 0.3) is 5.69 Å². The Morgan fingerprint density at radius 2 is 1.61 bits per heavy atom. The zero-order chi connectivity index (χ0) is 26.7. The Hall–Kier alpha value is -3.94. The smallest absolute Gasteiger partial charge is 0.351 e. The molecule has 0 aliphatic heterocycles. The number of benzene rings is 1. The predicted octanol–water partition coefficient (Wildman–Crippen LogP) is 3.20. The lowest BCUT2D eigenvalue weighted by Crippen LogP contribution is -2.37. The molecule has 0 saturated carbocycles. The molecule has 0 saturated heterocycles. The molecule has 2 amide bonds. The summed E-state index contributed by atoms with van der Waals surface area (Å²) in [6.45, 7) is 1.23. The number of aromatic nitrogens is 3. The van der Waals surface area contributed by atoms with Crippen molar-refractivity contribution >= 4 is 11.8 Å². The summed E-state index contributed by atoms with van der Waals surface area (Å²) in [5.41, 5.74) is 3.40. The number of carbonyl (C=O) groups is 2. The topological polar surface area (TPSA) is 115 Å². The van der Waals surface area contributed by atoms with Crippen LogP contribution in [0, 0.1) is 0 Å². The van der Waals surface area contributed by atoms with Gasteiger partial charge in [0.1, 0.15) is 11.4 Å². The number of amides is 2. The molecule has 0 bridgehead atoms. The van der Waals surface area contributed by atoms with Crippen molar-refractivity contribution in [3.05, 3.63) is 76.9 Å². The Bertz CT molecular complexity index is 1240. The monoisotopic (exact) mass is 514 g/mol. The minimum Gasteiger partial charge on any atom is -0.351 e. The molecule has 3 rings (SSSR count). The minimum absolute atomic E-state index is 0.0318. The molecule has 0 radical (unpaired) electrons. The van der Waals surface area contributed by atoms with Gasteiger partial charge in [0.25, 0.3) is 5.91 Å². The Balaban J connectivity index is 1.84. The zero-order valence-electron chi connectivity index (χ0n) is 18.6. The van der Waals surface area contributed by atoms with Crippen LogP contribution in [0.3, 0.4) is 0 Å². The summed E-state index contributed by atoms with van der Waals surface area (Å²) in [5.74, 6) is -1.38. The predicted molar refractivity (Wildman–Crippen MR) is 114 cm³/mol. The van der Waals surface area contributed by atoms with Gasteiger partial charge in [-0.15, -0.1) is 0 Å². The first-order valence-electron chi connectivity index (χ1n) is 10.4. The molecule has 14 heteroatoms. The molecule has 0 unspecified atom stereocenters. The fraction of sp³-hybridized carbons (Fsp3) is 0.273. The fourth-order valence-electron chi connectivity index (χ4n) is 3.00. The van der Waals surface area contributed by atoms with Gasteiger partial charge in [-0.05, 0) is 36.2 Å². The van der Waals surface area contributed by atoms with E-state index in [9.17, 15) is 35.9 Å². The number of alkyl halides is 6. The molecular formula is C22H20F6N6O2. The van der Waals surface area contributed by atoms with Crippen LogP contribution in [0.2, 0.25) is 0 Å². The number of nitrogens with two attached hydrogens (primary N) is 1. The Morgan fingerprint density at radius 3 is 2.19 bits per heavy atom. The lowest BCUT2D eigenvalue weighted by Gasteiger charge is -2.11. The van der Waals surface area contributed by atoms with E-state index in [1.165, 1.54) is 25.1 Å². The molecule has 0 spiro atoms. The average molecular weight is 514 g/mol. The molecule has 2 aromatic heterocycles. The first-order valence-corrected chi connectivity index (χ1v) is 10.4. The van der Waals surface area contributed by atoms with E-state index in [-0.39, 0.29) is 24.3 Å². The van der Waals surface area contributed by atoms with E-state index in [0.717, 1.165) is 23.0 Å². The number of hydrogen-bond donors (Lipinski definition) is 3. The Labute approximate surface area is 200 Å². The van der Waals surface area contributed by atoms with Gasteiger partial charge in [-0.25, -0.2) is 4.68 Å². The summed E-state index contributed by atoms with van der Waals surface area (Å²) in [6, 6.07) is 7.58. The van der Waals surface area contributed by atoms with Crippen LogP contribution in [-0.2, 0) is 30.2 Å². The molecule has 3 aromatic rings. The summed E-state index contributed by atoms with van der Waals surface area (Å²) in [5, 5.41) is 8.44. The number of hydrogen-bond acceptors (Lipinski definition) is 5. The number of pyridine rings is 1. The lowest BCUT2D eigenvalue weighted by atomic mass is 10.2. The molecule has 1 atom stereocenters. The maximum absolute atomic E-state index is 13.3. The third kappa shape index (κ3) is 6.59. The highest BCUT2D eigenvalue weighted by Gasteiger charge is 2.36. The van der Waals surface area contributed by atoms with Crippen molar-refractivity contribution in [3.8, 4) is 5.69 Å². The third-order valence-electron chi connectivity index (χ3n) is 4.84. The molecule has 4 N–H and O–H groups in total. The average Bonchev–Trinajstić information content (AvgIpc) is 3.27. The van der Waals surface area contributed by atoms with Crippen molar-refractivity contribution in [2.24, 2.45) is 5.73 Å². The van der Waals surface area contributed by atoms with Gasteiger partial charge >= 0.3 is 12.4 Å². The SMILES string of the molecule is C[C@H](N)C(=O)NCc1cccc(-n2nc(C(F)(F)F)cc2C(=O)NCc2ccc(C(F)(F)F)nc2)c1. The van der Waals surface area contributed by atoms with Crippen molar-refractivity contribution in [2.75, 3.05) is 0 Å². The van der Waals surface area contributed by atoms with Crippen LogP contribution in [0.5, 0.6) is 0 Å². The van der Waals surface area contributed by atoms with E-state index in [0.29, 0.717) is 11.6 Å². The zero-order valence-corrected chi connectivity index (χ0v) is 18.6. The van der Waals surface area contributed by atoms with Gasteiger partial charge in [-0.2, -0.15) is 31.4 Å². The maximum atomic E-state index is 13.3. The highest BCUT2D eigenvalue weighted by Crippen LogP contribution is 2.30. The molecule has 2 heterocycles. The van der Waals surface area contributed by atoms with Crippen molar-refractivity contribution in [3.63, 3.8) is 0 Å². The first-order chi connectivity index (χ1) is 16.8. The normalized spacial score (nSPS) is 12.8. The number of rotatable bonds is 7. The van der Waals surface area contributed by atoms with Crippen molar-refractivity contribution in [1.82, 2.24) is 25.4 Å². The van der Waals surface area contributed by atoms with Crippen molar-refractivity contribution < 1.29 is 35.9 Å². The van der Waals surface area contributed by atoms with E-state index in [1.54, 1.807) is 6.07 Å². The lowest BCUT2D eigenvalue weighted by molar-refractivity contribution is -0.142. The van der Waals surface area contributed by atoms with Crippen LogP contribution in [0.4, 0.5) is 26.3 Å². The van der Waals surface area contributed by atoms with Crippen LogP contribution in [0.15, 0.2) is 48.7 Å². The number of nitrogens with one attached hydrogen (secondary N) is 2.